The molecule has 1 N–H and O–H groups in total. The van der Waals surface area contributed by atoms with Crippen LogP contribution in [0.1, 0.15) is 181 Å². The Kier molecular flexibility index (Phi) is 36.1. The zero-order valence-electron chi connectivity index (χ0n) is 29.6. The number of aliphatic hydroxyl groups is 1. The van der Waals surface area contributed by atoms with Gasteiger partial charge in [-0.1, -0.05) is 156 Å². The molecule has 0 spiro atoms. The van der Waals surface area contributed by atoms with Crippen LogP contribution < -0.4 is 0 Å². The molecule has 0 aliphatic rings. The third-order valence-electron chi connectivity index (χ3n) is 8.51. The van der Waals surface area contributed by atoms with Crippen LogP contribution >= 0.6 is 0 Å². The summed E-state index contributed by atoms with van der Waals surface area (Å²) >= 11 is 0. The summed E-state index contributed by atoms with van der Waals surface area (Å²) in [5, 5.41) is 9.26. The lowest BCUT2D eigenvalue weighted by atomic mass is 9.92. The van der Waals surface area contributed by atoms with Gasteiger partial charge in [0, 0.05) is 33.0 Å². The molecule has 43 heavy (non-hydrogen) atoms. The van der Waals surface area contributed by atoms with Gasteiger partial charge in [0.25, 0.3) is 0 Å². The average Bonchev–Trinajstić information content (AvgIpc) is 3.02. The van der Waals surface area contributed by atoms with Gasteiger partial charge in [-0.25, -0.2) is 0 Å². The Balaban J connectivity index is 4.66. The van der Waals surface area contributed by atoms with Crippen molar-refractivity contribution in [3.05, 3.63) is 0 Å². The summed E-state index contributed by atoms with van der Waals surface area (Å²) in [6.07, 6.45) is 32.0. The summed E-state index contributed by atoms with van der Waals surface area (Å²) in [4.78, 5) is 0. The summed E-state index contributed by atoms with van der Waals surface area (Å²) in [5.74, 6) is 0. The van der Waals surface area contributed by atoms with Crippen LogP contribution in [0.3, 0.4) is 0 Å². The van der Waals surface area contributed by atoms with Crippen molar-refractivity contribution in [1.82, 2.24) is 0 Å². The molecule has 0 amide bonds. The van der Waals surface area contributed by atoms with Gasteiger partial charge in [0.2, 0.25) is 0 Å². The first-order valence-electron chi connectivity index (χ1n) is 19.2. The second-order valence-corrected chi connectivity index (χ2v) is 13.2. The molecule has 5 heteroatoms. The maximum Gasteiger partial charge on any atom is 0.0637 e. The maximum atomic E-state index is 9.26. The van der Waals surface area contributed by atoms with E-state index < -0.39 is 0 Å². The van der Waals surface area contributed by atoms with Crippen molar-refractivity contribution in [3.8, 4) is 0 Å². The zero-order valence-corrected chi connectivity index (χ0v) is 29.6. The minimum Gasteiger partial charge on any atom is -0.396 e. The third kappa shape index (κ3) is 31.6. The fourth-order valence-corrected chi connectivity index (χ4v) is 5.59. The van der Waals surface area contributed by atoms with Gasteiger partial charge in [0.15, 0.2) is 0 Å². The minimum atomic E-state index is -0.296. The molecule has 0 aliphatic carbocycles. The van der Waals surface area contributed by atoms with E-state index in [1.807, 2.05) is 0 Å². The quantitative estimate of drug-likeness (QED) is 0.0701. The molecule has 0 bridgehead atoms. The Morgan fingerprint density at radius 3 is 0.814 bits per heavy atom. The Morgan fingerprint density at radius 2 is 0.558 bits per heavy atom. The minimum absolute atomic E-state index is 0.159. The first-order chi connectivity index (χ1) is 21.2. The van der Waals surface area contributed by atoms with Crippen molar-refractivity contribution in [1.29, 1.82) is 0 Å². The van der Waals surface area contributed by atoms with Crippen LogP contribution in [-0.4, -0.2) is 64.6 Å². The summed E-state index contributed by atoms with van der Waals surface area (Å²) in [5.41, 5.74) is -0.296. The lowest BCUT2D eigenvalue weighted by Gasteiger charge is -2.33. The highest BCUT2D eigenvalue weighted by Gasteiger charge is 2.32. The standard InChI is InChI=1S/C38H78O5/c1-4-7-10-13-16-19-22-25-30-40-34-38(37-43-33-28-29-39,35-41-31-26-23-20-17-14-11-8-5-2)36-42-32-27-24-21-18-15-12-9-6-3/h39H,4-37H2,1-3H3. The second-order valence-electron chi connectivity index (χ2n) is 13.2. The number of aliphatic hydroxyl groups excluding tert-OH is 1. The first-order valence-corrected chi connectivity index (χ1v) is 19.2. The van der Waals surface area contributed by atoms with Crippen molar-refractivity contribution in [2.45, 2.75) is 181 Å². The van der Waals surface area contributed by atoms with Gasteiger partial charge in [-0.3, -0.25) is 0 Å². The lowest BCUT2D eigenvalue weighted by Crippen LogP contribution is -2.42. The fourth-order valence-electron chi connectivity index (χ4n) is 5.59. The highest BCUT2D eigenvalue weighted by atomic mass is 16.5. The number of rotatable bonds is 38. The zero-order chi connectivity index (χ0) is 31.4. The van der Waals surface area contributed by atoms with Gasteiger partial charge in [0.1, 0.15) is 0 Å². The molecule has 0 aromatic carbocycles. The average molecular weight is 615 g/mol. The Bertz CT molecular complexity index is 441. The van der Waals surface area contributed by atoms with E-state index in [1.165, 1.54) is 135 Å². The molecule has 0 aliphatic heterocycles. The SMILES string of the molecule is CCCCCCCCCCOCC(COCCCO)(COCCCCCCCCCC)COCCCCCCCCCC. The van der Waals surface area contributed by atoms with E-state index in [-0.39, 0.29) is 12.0 Å². The molecule has 0 aromatic rings. The van der Waals surface area contributed by atoms with Gasteiger partial charge < -0.3 is 24.1 Å². The summed E-state index contributed by atoms with van der Waals surface area (Å²) < 4.78 is 25.0. The number of unbranched alkanes of at least 4 members (excludes halogenated alkanes) is 21. The predicted molar refractivity (Wildman–Crippen MR) is 185 cm³/mol. The normalized spacial score (nSPS) is 12.0. The molecule has 0 saturated heterocycles. The van der Waals surface area contributed by atoms with Crippen molar-refractivity contribution < 1.29 is 24.1 Å². The van der Waals surface area contributed by atoms with E-state index in [4.69, 9.17) is 18.9 Å². The molecule has 0 heterocycles. The summed E-state index contributed by atoms with van der Waals surface area (Å²) in [7, 11) is 0. The smallest absolute Gasteiger partial charge is 0.0637 e. The van der Waals surface area contributed by atoms with Gasteiger partial charge in [0.05, 0.1) is 31.8 Å². The van der Waals surface area contributed by atoms with Crippen LogP contribution in [0.4, 0.5) is 0 Å². The van der Waals surface area contributed by atoms with Gasteiger partial charge in [-0.05, 0) is 25.7 Å². The number of hydrogen-bond acceptors (Lipinski definition) is 5. The van der Waals surface area contributed by atoms with Crippen LogP contribution in [-0.2, 0) is 18.9 Å². The Labute approximate surface area is 269 Å². The molecule has 260 valence electrons. The highest BCUT2D eigenvalue weighted by Crippen LogP contribution is 2.22. The molecular formula is C38H78O5. The third-order valence-corrected chi connectivity index (χ3v) is 8.51. The van der Waals surface area contributed by atoms with Gasteiger partial charge in [-0.2, -0.15) is 0 Å². The monoisotopic (exact) mass is 615 g/mol. The largest absolute Gasteiger partial charge is 0.396 e. The van der Waals surface area contributed by atoms with Crippen molar-refractivity contribution in [2.24, 2.45) is 5.41 Å². The second kappa shape index (κ2) is 36.3. The highest BCUT2D eigenvalue weighted by molar-refractivity contribution is 4.79. The lowest BCUT2D eigenvalue weighted by molar-refractivity contribution is -0.108. The van der Waals surface area contributed by atoms with E-state index in [1.54, 1.807) is 0 Å². The number of ether oxygens (including phenoxy) is 4. The Morgan fingerprint density at radius 1 is 0.326 bits per heavy atom. The van der Waals surface area contributed by atoms with Crippen LogP contribution in [0.2, 0.25) is 0 Å². The van der Waals surface area contributed by atoms with E-state index in [0.29, 0.717) is 39.5 Å². The molecule has 0 fully saturated rings. The maximum absolute atomic E-state index is 9.26. The van der Waals surface area contributed by atoms with Crippen LogP contribution in [0.5, 0.6) is 0 Å². The fraction of sp³-hybridized carbons (Fsp3) is 1.00. The van der Waals surface area contributed by atoms with E-state index in [9.17, 15) is 5.11 Å². The van der Waals surface area contributed by atoms with E-state index in [0.717, 1.165) is 39.1 Å². The molecule has 0 unspecified atom stereocenters. The van der Waals surface area contributed by atoms with E-state index >= 15 is 0 Å². The van der Waals surface area contributed by atoms with Crippen LogP contribution in [0.15, 0.2) is 0 Å². The molecule has 5 nitrogen and oxygen atoms in total. The van der Waals surface area contributed by atoms with Gasteiger partial charge >= 0.3 is 0 Å². The Hall–Kier alpha value is -0.200. The molecule has 0 aromatic heterocycles. The summed E-state index contributed by atoms with van der Waals surface area (Å²) in [6.45, 7) is 12.3. The number of hydrogen-bond donors (Lipinski definition) is 1. The van der Waals surface area contributed by atoms with E-state index in [2.05, 4.69) is 20.8 Å². The van der Waals surface area contributed by atoms with Crippen molar-refractivity contribution in [2.75, 3.05) is 59.5 Å². The van der Waals surface area contributed by atoms with Crippen LogP contribution in [0.25, 0.3) is 0 Å². The first kappa shape index (κ1) is 42.8. The molecule has 0 saturated carbocycles. The molecule has 0 atom stereocenters. The topological polar surface area (TPSA) is 57.2 Å². The van der Waals surface area contributed by atoms with Crippen molar-refractivity contribution >= 4 is 0 Å². The van der Waals surface area contributed by atoms with Crippen molar-refractivity contribution in [3.63, 3.8) is 0 Å². The van der Waals surface area contributed by atoms with Gasteiger partial charge in [-0.15, -0.1) is 0 Å². The molecule has 0 rings (SSSR count). The summed E-state index contributed by atoms with van der Waals surface area (Å²) in [6, 6.07) is 0. The van der Waals surface area contributed by atoms with Crippen LogP contribution in [0, 0.1) is 5.41 Å². The predicted octanol–water partition coefficient (Wildman–Crippen LogP) is 10.8. The molecule has 0 radical (unpaired) electrons. The molecular weight excluding hydrogens is 536 g/mol.